The maximum atomic E-state index is 12.5. The molecule has 166 valence electrons. The van der Waals surface area contributed by atoms with Crippen molar-refractivity contribution in [3.63, 3.8) is 0 Å². The molecule has 0 aliphatic carbocycles. The second kappa shape index (κ2) is 11.4. The van der Waals surface area contributed by atoms with Gasteiger partial charge in [-0.05, 0) is 24.7 Å². The molecule has 11 nitrogen and oxygen atoms in total. The predicted octanol–water partition coefficient (Wildman–Crippen LogP) is -2.70. The minimum Gasteiger partial charge on any atom is -0.469 e. The number of rotatable bonds is 9. The van der Waals surface area contributed by atoms with Crippen molar-refractivity contribution in [2.75, 3.05) is 25.6 Å². The quantitative estimate of drug-likeness (QED) is 0.229. The minimum absolute atomic E-state index is 0.135. The Morgan fingerprint density at radius 2 is 1.83 bits per heavy atom. The first-order valence-corrected chi connectivity index (χ1v) is 9.39. The number of carbonyl (C=O) groups is 2. The topological polar surface area (TPSA) is 167 Å². The molecule has 12 heteroatoms. The monoisotopic (exact) mass is 426 g/mol. The molecule has 6 N–H and O–H groups in total. The van der Waals surface area contributed by atoms with Gasteiger partial charge in [0.2, 0.25) is 19.6 Å². The average Bonchev–Trinajstić information content (AvgIpc) is 2.73. The summed E-state index contributed by atoms with van der Waals surface area (Å²) < 4.78 is 15.6. The lowest BCUT2D eigenvalue weighted by atomic mass is 9.99. The number of anilines is 1. The van der Waals surface area contributed by atoms with Crippen molar-refractivity contribution < 1.29 is 44.2 Å². The molecular formula is C18H27BN2O9. The number of likely N-dealkylation sites (N-methyl/N-ethyl adjacent to an activating group) is 1. The fourth-order valence-corrected chi connectivity index (χ4v) is 2.78. The highest BCUT2D eigenvalue weighted by molar-refractivity contribution is 6.55. The van der Waals surface area contributed by atoms with Gasteiger partial charge in [0.1, 0.15) is 37.1 Å². The summed E-state index contributed by atoms with van der Waals surface area (Å²) in [6.45, 7) is -0.653. The molecule has 6 unspecified atom stereocenters. The normalized spacial score (nSPS) is 27.3. The zero-order valence-corrected chi connectivity index (χ0v) is 16.7. The molecular weight excluding hydrogens is 399 g/mol. The highest BCUT2D eigenvalue weighted by atomic mass is 16.7. The highest BCUT2D eigenvalue weighted by Crippen LogP contribution is 2.22. The lowest BCUT2D eigenvalue weighted by Crippen LogP contribution is -2.59. The first-order valence-electron chi connectivity index (χ1n) is 9.39. The molecule has 1 fully saturated rings. The van der Waals surface area contributed by atoms with E-state index in [0.29, 0.717) is 5.69 Å². The first kappa shape index (κ1) is 24.2. The standard InChI is InChI=1S/C18H27BN2O9/c1-20-11(8-28-17-15(25)14(24)13(23)12(6-22)30-17)16(26)21-10-4-2-9(3-5-10)7-29-18(19)27/h2-5,11-15,17,20,22-25H,6-8,19H2,1H3,(H,21,26). The Labute approximate surface area is 174 Å². The van der Waals surface area contributed by atoms with Crippen LogP contribution >= 0.6 is 0 Å². The van der Waals surface area contributed by atoms with Crippen LogP contribution in [-0.4, -0.2) is 97.1 Å². The number of benzene rings is 1. The zero-order chi connectivity index (χ0) is 22.3. The van der Waals surface area contributed by atoms with Crippen molar-refractivity contribution in [3.8, 4) is 0 Å². The van der Waals surface area contributed by atoms with Gasteiger partial charge in [-0.25, -0.2) is 0 Å². The lowest BCUT2D eigenvalue weighted by Gasteiger charge is -2.39. The van der Waals surface area contributed by atoms with Gasteiger partial charge in [0, 0.05) is 5.69 Å². The van der Waals surface area contributed by atoms with Crippen LogP contribution in [0.25, 0.3) is 0 Å². The van der Waals surface area contributed by atoms with Crippen molar-refractivity contribution in [1.29, 1.82) is 0 Å². The zero-order valence-electron chi connectivity index (χ0n) is 16.7. The third kappa shape index (κ3) is 6.47. The van der Waals surface area contributed by atoms with E-state index in [9.17, 15) is 30.0 Å². The number of carbonyl (C=O) groups excluding carboxylic acids is 2. The molecule has 1 amide bonds. The Hall–Kier alpha value is -2.06. The van der Waals surface area contributed by atoms with Crippen LogP contribution in [0.15, 0.2) is 24.3 Å². The second-order valence-electron chi connectivity index (χ2n) is 6.84. The average molecular weight is 426 g/mol. The van der Waals surface area contributed by atoms with Crippen LogP contribution in [0, 0.1) is 0 Å². The molecule has 1 aliphatic rings. The van der Waals surface area contributed by atoms with Gasteiger partial charge in [-0.15, -0.1) is 0 Å². The maximum absolute atomic E-state index is 12.5. The Balaban J connectivity index is 1.89. The summed E-state index contributed by atoms with van der Waals surface area (Å²) in [4.78, 5) is 23.3. The molecule has 1 aromatic carbocycles. The largest absolute Gasteiger partial charge is 0.469 e. The molecule has 30 heavy (non-hydrogen) atoms. The van der Waals surface area contributed by atoms with Crippen molar-refractivity contribution in [2.24, 2.45) is 0 Å². The fraction of sp³-hybridized carbons (Fsp3) is 0.556. The molecule has 1 heterocycles. The van der Waals surface area contributed by atoms with Crippen LogP contribution in [0.2, 0.25) is 0 Å². The Morgan fingerprint density at radius 1 is 1.17 bits per heavy atom. The Bertz CT molecular complexity index is 703. The number of hydrogen-bond acceptors (Lipinski definition) is 10. The summed E-state index contributed by atoms with van der Waals surface area (Å²) in [6.07, 6.45) is -7.02. The van der Waals surface area contributed by atoms with Crippen LogP contribution in [0.3, 0.4) is 0 Å². The van der Waals surface area contributed by atoms with Gasteiger partial charge in [0.15, 0.2) is 6.29 Å². The van der Waals surface area contributed by atoms with E-state index < -0.39 is 49.3 Å². The molecule has 0 radical (unpaired) electrons. The van der Waals surface area contributed by atoms with E-state index in [0.717, 1.165) is 5.56 Å². The Morgan fingerprint density at radius 3 is 2.40 bits per heavy atom. The molecule has 0 saturated carbocycles. The molecule has 1 aliphatic heterocycles. The SMILES string of the molecule is BC(=O)OCc1ccc(NC(=O)C(COC2OC(CO)C(O)C(O)C2O)NC)cc1. The van der Waals surface area contributed by atoms with E-state index in [1.165, 1.54) is 7.85 Å². The highest BCUT2D eigenvalue weighted by Gasteiger charge is 2.44. The maximum Gasteiger partial charge on any atom is 0.243 e. The number of aliphatic hydroxyl groups excluding tert-OH is 4. The van der Waals surface area contributed by atoms with Crippen molar-refractivity contribution in [1.82, 2.24) is 5.32 Å². The molecule has 2 rings (SSSR count). The van der Waals surface area contributed by atoms with Crippen molar-refractivity contribution in [2.45, 2.75) is 43.4 Å². The summed E-state index contributed by atoms with van der Waals surface area (Å²) >= 11 is 0. The fourth-order valence-electron chi connectivity index (χ4n) is 2.78. The molecule has 0 spiro atoms. The third-order valence-electron chi connectivity index (χ3n) is 4.60. The van der Waals surface area contributed by atoms with E-state index in [1.54, 1.807) is 31.3 Å². The number of amides is 1. The van der Waals surface area contributed by atoms with Crippen molar-refractivity contribution in [3.05, 3.63) is 29.8 Å². The van der Waals surface area contributed by atoms with Gasteiger partial charge in [0.05, 0.1) is 13.2 Å². The van der Waals surface area contributed by atoms with Gasteiger partial charge in [-0.2, -0.15) is 0 Å². The third-order valence-corrected chi connectivity index (χ3v) is 4.60. The molecule has 1 aromatic rings. The van der Waals surface area contributed by atoms with E-state index in [1.807, 2.05) is 0 Å². The van der Waals surface area contributed by atoms with Crippen LogP contribution in [0.5, 0.6) is 0 Å². The first-order chi connectivity index (χ1) is 14.3. The van der Waals surface area contributed by atoms with Crippen LogP contribution in [0.1, 0.15) is 5.56 Å². The molecule has 0 bridgehead atoms. The Kier molecular flexibility index (Phi) is 9.18. The van der Waals surface area contributed by atoms with E-state index in [2.05, 4.69) is 10.6 Å². The second-order valence-corrected chi connectivity index (χ2v) is 6.84. The van der Waals surface area contributed by atoms with Crippen molar-refractivity contribution >= 4 is 25.3 Å². The number of ether oxygens (including phenoxy) is 3. The van der Waals surface area contributed by atoms with Crippen LogP contribution in [0.4, 0.5) is 10.5 Å². The number of aliphatic hydroxyl groups is 4. The van der Waals surface area contributed by atoms with E-state index >= 15 is 0 Å². The van der Waals surface area contributed by atoms with Gasteiger partial charge in [-0.1, -0.05) is 12.1 Å². The molecule has 0 aromatic heterocycles. The summed E-state index contributed by atoms with van der Waals surface area (Å²) in [5.74, 6) is -0.807. The number of hydrogen-bond donors (Lipinski definition) is 6. The lowest BCUT2D eigenvalue weighted by molar-refractivity contribution is -0.301. The van der Waals surface area contributed by atoms with Gasteiger partial charge >= 0.3 is 0 Å². The van der Waals surface area contributed by atoms with Gasteiger partial charge < -0.3 is 45.3 Å². The molecule has 6 atom stereocenters. The van der Waals surface area contributed by atoms with Crippen LogP contribution < -0.4 is 10.6 Å². The summed E-state index contributed by atoms with van der Waals surface area (Å²) in [5.41, 5.74) is 1.28. The van der Waals surface area contributed by atoms with Crippen LogP contribution in [-0.2, 0) is 25.6 Å². The summed E-state index contributed by atoms with van der Waals surface area (Å²) in [5, 5.41) is 44.2. The number of nitrogens with one attached hydrogen (secondary N) is 2. The summed E-state index contributed by atoms with van der Waals surface area (Å²) in [6, 6.07) is 5.90. The van der Waals surface area contributed by atoms with Gasteiger partial charge in [0.25, 0.3) is 0 Å². The minimum atomic E-state index is -1.56. The molecule has 1 saturated heterocycles. The van der Waals surface area contributed by atoms with E-state index in [-0.39, 0.29) is 19.1 Å². The summed E-state index contributed by atoms with van der Waals surface area (Å²) in [7, 11) is 2.86. The van der Waals surface area contributed by atoms with Gasteiger partial charge in [-0.3, -0.25) is 9.59 Å². The smallest absolute Gasteiger partial charge is 0.243 e. The predicted molar refractivity (Wildman–Crippen MR) is 106 cm³/mol. The van der Waals surface area contributed by atoms with E-state index in [4.69, 9.17) is 14.2 Å².